The van der Waals surface area contributed by atoms with E-state index in [0.717, 1.165) is 16.9 Å². The largest absolute Gasteiger partial charge is 0.493 e. The molecule has 2 aromatic carbocycles. The van der Waals surface area contributed by atoms with Crippen LogP contribution in [0.4, 0.5) is 0 Å². The molecule has 0 aliphatic heterocycles. The molecular weight excluding hydrogens is 330 g/mol. The molecule has 0 spiro atoms. The molecule has 5 heteroatoms. The van der Waals surface area contributed by atoms with Crippen LogP contribution in [0.5, 0.6) is 5.75 Å². The summed E-state index contributed by atoms with van der Waals surface area (Å²) in [7, 11) is 0. The predicted octanol–water partition coefficient (Wildman–Crippen LogP) is 3.60. The molecule has 1 atom stereocenters. The number of rotatable bonds is 9. The first-order valence-corrected chi connectivity index (χ1v) is 8.72. The van der Waals surface area contributed by atoms with Crippen LogP contribution >= 0.6 is 0 Å². The lowest BCUT2D eigenvalue weighted by atomic mass is 10.0. The summed E-state index contributed by atoms with van der Waals surface area (Å²) < 4.78 is 5.63. The predicted molar refractivity (Wildman–Crippen MR) is 100 cm³/mol. The smallest absolute Gasteiger partial charge is 0.305 e. The van der Waals surface area contributed by atoms with Crippen LogP contribution < -0.4 is 10.1 Å². The standard InChI is InChI=1S/C21H25NO4/c1-15(2)14-26-18-10-8-16(9-11-18)12-20(23)22-19(13-21(24)25)17-6-4-3-5-7-17/h3-11,15,19H,12-14H2,1-2H3,(H,22,23)(H,24,25). The molecule has 0 aliphatic rings. The SMILES string of the molecule is CC(C)COc1ccc(CC(=O)NC(CC(=O)O)c2ccccc2)cc1. The fraction of sp³-hybridized carbons (Fsp3) is 0.333. The molecule has 0 radical (unpaired) electrons. The van der Waals surface area contributed by atoms with Gasteiger partial charge in [-0.15, -0.1) is 0 Å². The minimum absolute atomic E-state index is 0.155. The van der Waals surface area contributed by atoms with E-state index < -0.39 is 12.0 Å². The summed E-state index contributed by atoms with van der Waals surface area (Å²) in [6.45, 7) is 4.81. The zero-order valence-electron chi connectivity index (χ0n) is 15.1. The zero-order valence-corrected chi connectivity index (χ0v) is 15.1. The Morgan fingerprint density at radius 3 is 2.27 bits per heavy atom. The van der Waals surface area contributed by atoms with Crippen molar-refractivity contribution in [1.29, 1.82) is 0 Å². The first-order chi connectivity index (χ1) is 12.4. The fourth-order valence-corrected chi connectivity index (χ4v) is 2.51. The molecule has 2 aromatic rings. The number of nitrogens with one attached hydrogen (secondary N) is 1. The highest BCUT2D eigenvalue weighted by atomic mass is 16.5. The van der Waals surface area contributed by atoms with E-state index >= 15 is 0 Å². The molecule has 0 aromatic heterocycles. The van der Waals surface area contributed by atoms with Gasteiger partial charge in [-0.2, -0.15) is 0 Å². The molecule has 0 aliphatic carbocycles. The average Bonchev–Trinajstić information content (AvgIpc) is 2.61. The Morgan fingerprint density at radius 1 is 1.04 bits per heavy atom. The lowest BCUT2D eigenvalue weighted by Crippen LogP contribution is -2.31. The van der Waals surface area contributed by atoms with Crippen molar-refractivity contribution in [2.24, 2.45) is 5.92 Å². The summed E-state index contributed by atoms with van der Waals surface area (Å²) in [6.07, 6.45) is 0.0329. The van der Waals surface area contributed by atoms with Crippen molar-refractivity contribution < 1.29 is 19.4 Å². The maximum Gasteiger partial charge on any atom is 0.305 e. The number of carbonyl (C=O) groups excluding carboxylic acids is 1. The summed E-state index contributed by atoms with van der Waals surface area (Å²) in [5.74, 6) is 0.0577. The van der Waals surface area contributed by atoms with Gasteiger partial charge in [-0.1, -0.05) is 56.3 Å². The highest BCUT2D eigenvalue weighted by molar-refractivity contribution is 5.80. The topological polar surface area (TPSA) is 75.6 Å². The molecule has 1 unspecified atom stereocenters. The molecule has 2 N–H and O–H groups in total. The molecule has 0 saturated carbocycles. The van der Waals surface area contributed by atoms with Gasteiger partial charge >= 0.3 is 5.97 Å². The molecule has 5 nitrogen and oxygen atoms in total. The molecule has 0 fully saturated rings. The van der Waals surface area contributed by atoms with Gasteiger partial charge in [0.25, 0.3) is 0 Å². The molecule has 26 heavy (non-hydrogen) atoms. The number of benzene rings is 2. The minimum Gasteiger partial charge on any atom is -0.493 e. The first kappa shape index (κ1) is 19.5. The monoisotopic (exact) mass is 355 g/mol. The van der Waals surface area contributed by atoms with Crippen LogP contribution in [0, 0.1) is 5.92 Å². The average molecular weight is 355 g/mol. The fourth-order valence-electron chi connectivity index (χ4n) is 2.51. The summed E-state index contributed by atoms with van der Waals surface area (Å²) in [4.78, 5) is 23.4. The van der Waals surface area contributed by atoms with Crippen LogP contribution in [0.1, 0.15) is 37.4 Å². The van der Waals surface area contributed by atoms with Gasteiger partial charge in [-0.3, -0.25) is 9.59 Å². The quantitative estimate of drug-likeness (QED) is 0.721. The summed E-state index contributed by atoms with van der Waals surface area (Å²) in [5.41, 5.74) is 1.63. The normalized spacial score (nSPS) is 11.8. The van der Waals surface area contributed by atoms with Gasteiger partial charge in [-0.05, 0) is 29.2 Å². The van der Waals surface area contributed by atoms with Crippen LogP contribution in [0.3, 0.4) is 0 Å². The second-order valence-corrected chi connectivity index (χ2v) is 6.65. The van der Waals surface area contributed by atoms with Gasteiger partial charge in [0.2, 0.25) is 5.91 Å². The van der Waals surface area contributed by atoms with Crippen LogP contribution in [0.25, 0.3) is 0 Å². The van der Waals surface area contributed by atoms with E-state index in [0.29, 0.717) is 12.5 Å². The number of carbonyl (C=O) groups is 2. The highest BCUT2D eigenvalue weighted by Crippen LogP contribution is 2.18. The van der Waals surface area contributed by atoms with Gasteiger partial charge in [0, 0.05) is 0 Å². The number of amides is 1. The lowest BCUT2D eigenvalue weighted by molar-refractivity contribution is -0.137. The highest BCUT2D eigenvalue weighted by Gasteiger charge is 2.18. The Labute approximate surface area is 154 Å². The summed E-state index contributed by atoms with van der Waals surface area (Å²) in [6, 6.07) is 16.0. The number of hydrogen-bond acceptors (Lipinski definition) is 3. The van der Waals surface area contributed by atoms with Gasteiger partial charge < -0.3 is 15.2 Å². The van der Waals surface area contributed by atoms with E-state index in [1.54, 1.807) is 0 Å². The van der Waals surface area contributed by atoms with Crippen molar-refractivity contribution in [1.82, 2.24) is 5.32 Å². The summed E-state index contributed by atoms with van der Waals surface area (Å²) in [5, 5.41) is 11.9. The Balaban J connectivity index is 1.96. The summed E-state index contributed by atoms with van der Waals surface area (Å²) >= 11 is 0. The third-order valence-corrected chi connectivity index (χ3v) is 3.79. The number of ether oxygens (including phenoxy) is 1. The zero-order chi connectivity index (χ0) is 18.9. The second kappa shape index (κ2) is 9.61. The van der Waals surface area contributed by atoms with E-state index in [4.69, 9.17) is 9.84 Å². The molecule has 0 heterocycles. The van der Waals surface area contributed by atoms with Gasteiger partial charge in [0.1, 0.15) is 5.75 Å². The molecule has 0 bridgehead atoms. The van der Waals surface area contributed by atoms with E-state index in [9.17, 15) is 9.59 Å². The van der Waals surface area contributed by atoms with Crippen molar-refractivity contribution in [2.45, 2.75) is 32.7 Å². The van der Waals surface area contributed by atoms with Gasteiger partial charge in [0.15, 0.2) is 0 Å². The molecule has 2 rings (SSSR count). The van der Waals surface area contributed by atoms with Crippen LogP contribution in [0.15, 0.2) is 54.6 Å². The first-order valence-electron chi connectivity index (χ1n) is 8.72. The van der Waals surface area contributed by atoms with Crippen LogP contribution in [-0.4, -0.2) is 23.6 Å². The Bertz CT molecular complexity index is 711. The maximum atomic E-state index is 12.3. The van der Waals surface area contributed by atoms with E-state index in [2.05, 4.69) is 19.2 Å². The van der Waals surface area contributed by atoms with Gasteiger partial charge in [0.05, 0.1) is 25.5 Å². The van der Waals surface area contributed by atoms with Gasteiger partial charge in [-0.25, -0.2) is 0 Å². The molecule has 1 amide bonds. The van der Waals surface area contributed by atoms with Crippen molar-refractivity contribution in [3.63, 3.8) is 0 Å². The van der Waals surface area contributed by atoms with Crippen molar-refractivity contribution >= 4 is 11.9 Å². The minimum atomic E-state index is -0.953. The maximum absolute atomic E-state index is 12.3. The van der Waals surface area contributed by atoms with E-state index in [1.165, 1.54) is 0 Å². The molecule has 138 valence electrons. The lowest BCUT2D eigenvalue weighted by Gasteiger charge is -2.17. The van der Waals surface area contributed by atoms with E-state index in [1.807, 2.05) is 54.6 Å². The van der Waals surface area contributed by atoms with Crippen molar-refractivity contribution in [3.8, 4) is 5.75 Å². The Morgan fingerprint density at radius 2 is 1.69 bits per heavy atom. The number of hydrogen-bond donors (Lipinski definition) is 2. The Kier molecular flexibility index (Phi) is 7.21. The number of carboxylic acids is 1. The third-order valence-electron chi connectivity index (χ3n) is 3.79. The van der Waals surface area contributed by atoms with Crippen LogP contribution in [-0.2, 0) is 16.0 Å². The number of carboxylic acid groups (broad SMARTS) is 1. The van der Waals surface area contributed by atoms with E-state index in [-0.39, 0.29) is 18.7 Å². The third kappa shape index (κ3) is 6.59. The second-order valence-electron chi connectivity index (χ2n) is 6.65. The number of aliphatic carboxylic acids is 1. The van der Waals surface area contributed by atoms with Crippen molar-refractivity contribution in [2.75, 3.05) is 6.61 Å². The van der Waals surface area contributed by atoms with Crippen molar-refractivity contribution in [3.05, 3.63) is 65.7 Å². The molecular formula is C21H25NO4. The van der Waals surface area contributed by atoms with Crippen LogP contribution in [0.2, 0.25) is 0 Å². The Hall–Kier alpha value is -2.82. The molecule has 0 saturated heterocycles.